The van der Waals surface area contributed by atoms with Crippen LogP contribution in [0.2, 0.25) is 0 Å². The summed E-state index contributed by atoms with van der Waals surface area (Å²) in [6, 6.07) is 11.7. The molecule has 1 atom stereocenters. The van der Waals surface area contributed by atoms with Crippen molar-refractivity contribution >= 4 is 28.1 Å². The maximum absolute atomic E-state index is 11.8. The minimum atomic E-state index is -3.31. The van der Waals surface area contributed by atoms with E-state index in [1.165, 1.54) is 10.2 Å². The van der Waals surface area contributed by atoms with Gasteiger partial charge in [-0.25, -0.2) is 12.4 Å². The molecule has 1 aliphatic carbocycles. The van der Waals surface area contributed by atoms with E-state index < -0.39 is 10.0 Å². The molecule has 0 spiro atoms. The highest BCUT2D eigenvalue weighted by atomic mass is 35.5. The molecule has 2 aromatic rings. The maximum atomic E-state index is 11.8. The number of aromatic nitrogens is 1. The number of rotatable bonds is 2. The van der Waals surface area contributed by atoms with Crippen LogP contribution in [-0.4, -0.2) is 24.4 Å². The number of halogens is 1. The molecule has 6 heteroatoms. The lowest BCUT2D eigenvalue weighted by atomic mass is 9.82. The van der Waals surface area contributed by atoms with Crippen LogP contribution in [0.1, 0.15) is 29.2 Å². The number of nitrogens with zero attached hydrogens (tertiary/aromatic N) is 1. The van der Waals surface area contributed by atoms with Crippen molar-refractivity contribution in [3.05, 3.63) is 59.4 Å². The van der Waals surface area contributed by atoms with Crippen molar-refractivity contribution in [1.82, 2.24) is 3.97 Å². The van der Waals surface area contributed by atoms with Gasteiger partial charge < -0.3 is 5.41 Å². The van der Waals surface area contributed by atoms with Crippen LogP contribution >= 0.6 is 12.4 Å². The van der Waals surface area contributed by atoms with E-state index in [0.717, 1.165) is 16.8 Å². The molecule has 0 radical (unpaired) electrons. The van der Waals surface area contributed by atoms with Crippen LogP contribution < -0.4 is 0 Å². The molecular weight excluding hydrogens is 308 g/mol. The van der Waals surface area contributed by atoms with Gasteiger partial charge in [-0.1, -0.05) is 30.3 Å². The summed E-state index contributed by atoms with van der Waals surface area (Å²) in [7, 11) is -3.31. The second kappa shape index (κ2) is 5.66. The third-order valence-electron chi connectivity index (χ3n) is 3.80. The zero-order chi connectivity index (χ0) is 14.3. The minimum absolute atomic E-state index is 0. The number of fused-ring (bicyclic) bond motifs is 1. The molecule has 21 heavy (non-hydrogen) atoms. The van der Waals surface area contributed by atoms with E-state index in [2.05, 4.69) is 0 Å². The van der Waals surface area contributed by atoms with Gasteiger partial charge in [0.05, 0.1) is 6.26 Å². The highest BCUT2D eigenvalue weighted by molar-refractivity contribution is 7.89. The molecular formula is C15H17ClN2O2S. The summed E-state index contributed by atoms with van der Waals surface area (Å²) in [5.74, 6) is 0.173. The van der Waals surface area contributed by atoms with Gasteiger partial charge in [0.2, 0.25) is 10.0 Å². The van der Waals surface area contributed by atoms with Gasteiger partial charge in [-0.15, -0.1) is 12.4 Å². The van der Waals surface area contributed by atoms with Gasteiger partial charge in [-0.2, -0.15) is 0 Å². The second-order valence-electron chi connectivity index (χ2n) is 5.23. The van der Waals surface area contributed by atoms with Crippen molar-refractivity contribution in [2.45, 2.75) is 18.8 Å². The monoisotopic (exact) mass is 324 g/mol. The quantitative estimate of drug-likeness (QED) is 0.923. The van der Waals surface area contributed by atoms with Crippen molar-refractivity contribution in [1.29, 1.82) is 5.41 Å². The van der Waals surface area contributed by atoms with Gasteiger partial charge >= 0.3 is 0 Å². The van der Waals surface area contributed by atoms with Gasteiger partial charge in [-0.3, -0.25) is 0 Å². The zero-order valence-corrected chi connectivity index (χ0v) is 13.2. The molecule has 1 heterocycles. The van der Waals surface area contributed by atoms with Crippen LogP contribution in [0.4, 0.5) is 0 Å². The van der Waals surface area contributed by atoms with Gasteiger partial charge in [0, 0.05) is 23.2 Å². The van der Waals surface area contributed by atoms with Crippen LogP contribution in [0.3, 0.4) is 0 Å². The minimum Gasteiger partial charge on any atom is -0.305 e. The van der Waals surface area contributed by atoms with E-state index in [9.17, 15) is 8.42 Å². The summed E-state index contributed by atoms with van der Waals surface area (Å²) in [5, 5.41) is 8.16. The SMILES string of the molecule is CS(=O)(=O)n1ccc2c1CC(c1ccccc1)CC2=N.Cl. The lowest BCUT2D eigenvalue weighted by molar-refractivity contribution is 0.587. The molecule has 4 nitrogen and oxygen atoms in total. The molecule has 0 amide bonds. The Balaban J connectivity index is 0.00000161. The van der Waals surface area contributed by atoms with Crippen molar-refractivity contribution in [3.63, 3.8) is 0 Å². The first kappa shape index (κ1) is 15.8. The van der Waals surface area contributed by atoms with Gasteiger partial charge in [0.15, 0.2) is 0 Å². The molecule has 0 bridgehead atoms. The smallest absolute Gasteiger partial charge is 0.235 e. The molecule has 112 valence electrons. The summed E-state index contributed by atoms with van der Waals surface area (Å²) in [6.07, 6.45) is 4.07. The first-order valence-electron chi connectivity index (χ1n) is 6.50. The Morgan fingerprint density at radius 2 is 1.81 bits per heavy atom. The summed E-state index contributed by atoms with van der Waals surface area (Å²) in [5.41, 5.74) is 3.17. The van der Waals surface area contributed by atoms with Crippen LogP contribution in [-0.2, 0) is 16.4 Å². The number of hydrogen-bond donors (Lipinski definition) is 1. The third-order valence-corrected chi connectivity index (χ3v) is 4.85. The fourth-order valence-electron chi connectivity index (χ4n) is 2.86. The Kier molecular flexibility index (Phi) is 4.25. The summed E-state index contributed by atoms with van der Waals surface area (Å²) in [6.45, 7) is 0. The molecule has 1 aromatic heterocycles. The molecule has 0 saturated carbocycles. The largest absolute Gasteiger partial charge is 0.305 e. The van der Waals surface area contributed by atoms with Crippen molar-refractivity contribution in [3.8, 4) is 0 Å². The first-order valence-corrected chi connectivity index (χ1v) is 8.35. The predicted molar refractivity (Wildman–Crippen MR) is 86.3 cm³/mol. The number of hydrogen-bond acceptors (Lipinski definition) is 3. The van der Waals surface area contributed by atoms with Crippen LogP contribution in [0, 0.1) is 5.41 Å². The summed E-state index contributed by atoms with van der Waals surface area (Å²) < 4.78 is 24.9. The Labute approximate surface area is 130 Å². The van der Waals surface area contributed by atoms with Crippen LogP contribution in [0.25, 0.3) is 0 Å². The van der Waals surface area contributed by atoms with Crippen molar-refractivity contribution in [2.75, 3.05) is 6.26 Å². The van der Waals surface area contributed by atoms with E-state index in [0.29, 0.717) is 18.6 Å². The van der Waals surface area contributed by atoms with E-state index in [4.69, 9.17) is 5.41 Å². The molecule has 0 saturated heterocycles. The van der Waals surface area contributed by atoms with Crippen LogP contribution in [0.15, 0.2) is 42.6 Å². The molecule has 1 unspecified atom stereocenters. The Hall–Kier alpha value is -1.59. The maximum Gasteiger partial charge on any atom is 0.235 e. The highest BCUT2D eigenvalue weighted by Crippen LogP contribution is 2.33. The van der Waals surface area contributed by atoms with E-state index in [1.54, 1.807) is 12.3 Å². The Morgan fingerprint density at radius 1 is 1.14 bits per heavy atom. The Morgan fingerprint density at radius 3 is 2.43 bits per heavy atom. The third kappa shape index (κ3) is 2.89. The molecule has 0 fully saturated rings. The molecule has 1 N–H and O–H groups in total. The highest BCUT2D eigenvalue weighted by Gasteiger charge is 2.28. The molecule has 1 aliphatic rings. The lowest BCUT2D eigenvalue weighted by Gasteiger charge is -2.24. The fourth-order valence-corrected chi connectivity index (χ4v) is 3.71. The topological polar surface area (TPSA) is 62.9 Å². The van der Waals surface area contributed by atoms with Gasteiger partial charge in [0.25, 0.3) is 0 Å². The average Bonchev–Trinajstić information content (AvgIpc) is 2.84. The fraction of sp³-hybridized carbons (Fsp3) is 0.267. The van der Waals surface area contributed by atoms with Gasteiger partial charge in [-0.05, 0) is 30.4 Å². The van der Waals surface area contributed by atoms with Gasteiger partial charge in [0.1, 0.15) is 0 Å². The first-order chi connectivity index (χ1) is 9.47. The summed E-state index contributed by atoms with van der Waals surface area (Å²) >= 11 is 0. The predicted octanol–water partition coefficient (Wildman–Crippen LogP) is 2.82. The van der Waals surface area contributed by atoms with E-state index >= 15 is 0 Å². The molecule has 3 rings (SSSR count). The standard InChI is InChI=1S/C15H16N2O2S.ClH/c1-20(18,19)17-8-7-13-14(16)9-12(10-15(13)17)11-5-3-2-4-6-11;/h2-8,12,16H,9-10H2,1H3;1H. The lowest BCUT2D eigenvalue weighted by Crippen LogP contribution is -2.22. The second-order valence-corrected chi connectivity index (χ2v) is 7.09. The van der Waals surface area contributed by atoms with E-state index in [-0.39, 0.29) is 18.3 Å². The zero-order valence-electron chi connectivity index (χ0n) is 11.6. The van der Waals surface area contributed by atoms with Crippen molar-refractivity contribution < 1.29 is 8.42 Å². The van der Waals surface area contributed by atoms with Crippen molar-refractivity contribution in [2.24, 2.45) is 0 Å². The van der Waals surface area contributed by atoms with E-state index in [1.807, 2.05) is 30.3 Å². The number of benzene rings is 1. The average molecular weight is 325 g/mol. The molecule has 1 aromatic carbocycles. The van der Waals surface area contributed by atoms with Crippen LogP contribution in [0.5, 0.6) is 0 Å². The normalized spacial score (nSPS) is 18.0. The summed E-state index contributed by atoms with van der Waals surface area (Å²) in [4.78, 5) is 0. The Bertz CT molecular complexity index is 766. The molecule has 0 aliphatic heterocycles. The number of nitrogens with one attached hydrogen (secondary N) is 1.